The summed E-state index contributed by atoms with van der Waals surface area (Å²) in [6.45, 7) is 4.04. The lowest BCUT2D eigenvalue weighted by atomic mass is 9.96. The molecule has 3 heterocycles. The third-order valence-electron chi connectivity index (χ3n) is 6.17. The molecular weight excluding hydrogens is 397 g/mol. The highest BCUT2D eigenvalue weighted by molar-refractivity contribution is 5.79. The molecule has 31 heavy (non-hydrogen) atoms. The molecule has 1 saturated heterocycles. The van der Waals surface area contributed by atoms with Crippen LogP contribution in [0.2, 0.25) is 0 Å². The standard InChI is InChI=1S/C23H28FN5O2/c1-15(30)28-10-3-4-17(13-28)22-26-20-14-29(11-9-19(20)23(25-2)27-22)21(31)12-16-5-7-18(24)8-6-16/h5-8,17H,3-4,9-14H2,1-2H3,(H,25,26,27)/t17-/m1/s1. The van der Waals surface area contributed by atoms with Gasteiger partial charge in [0.2, 0.25) is 11.8 Å². The molecule has 8 heteroatoms. The van der Waals surface area contributed by atoms with Crippen LogP contribution < -0.4 is 5.32 Å². The second-order valence-electron chi connectivity index (χ2n) is 8.28. The van der Waals surface area contributed by atoms with Crippen molar-refractivity contribution in [1.82, 2.24) is 19.8 Å². The largest absolute Gasteiger partial charge is 0.373 e. The molecule has 0 unspecified atom stereocenters. The predicted molar refractivity (Wildman–Crippen MR) is 115 cm³/mol. The molecule has 2 amide bonds. The van der Waals surface area contributed by atoms with E-state index in [1.807, 2.05) is 16.8 Å². The van der Waals surface area contributed by atoms with Crippen LogP contribution in [0, 0.1) is 5.82 Å². The Balaban J connectivity index is 1.53. The molecule has 0 saturated carbocycles. The lowest BCUT2D eigenvalue weighted by Gasteiger charge is -2.33. The first-order valence-corrected chi connectivity index (χ1v) is 10.8. The first-order chi connectivity index (χ1) is 14.9. The van der Waals surface area contributed by atoms with Crippen LogP contribution in [0.5, 0.6) is 0 Å². The smallest absolute Gasteiger partial charge is 0.227 e. The minimum absolute atomic E-state index is 0.00356. The van der Waals surface area contributed by atoms with Crippen molar-refractivity contribution < 1.29 is 14.0 Å². The highest BCUT2D eigenvalue weighted by atomic mass is 19.1. The average Bonchev–Trinajstić information content (AvgIpc) is 2.79. The van der Waals surface area contributed by atoms with Crippen LogP contribution in [0.1, 0.15) is 48.3 Å². The van der Waals surface area contributed by atoms with Gasteiger partial charge < -0.3 is 15.1 Å². The van der Waals surface area contributed by atoms with E-state index in [1.54, 1.807) is 19.1 Å². The highest BCUT2D eigenvalue weighted by Crippen LogP contribution is 2.30. The number of nitrogens with zero attached hydrogens (tertiary/aromatic N) is 4. The topological polar surface area (TPSA) is 78.4 Å². The predicted octanol–water partition coefficient (Wildman–Crippen LogP) is 2.51. The quantitative estimate of drug-likeness (QED) is 0.814. The van der Waals surface area contributed by atoms with Gasteiger partial charge in [-0.25, -0.2) is 14.4 Å². The number of halogens is 1. The Labute approximate surface area is 181 Å². The lowest BCUT2D eigenvalue weighted by molar-refractivity contribution is -0.131. The summed E-state index contributed by atoms with van der Waals surface area (Å²) in [6.07, 6.45) is 2.80. The van der Waals surface area contributed by atoms with Gasteiger partial charge >= 0.3 is 0 Å². The summed E-state index contributed by atoms with van der Waals surface area (Å²) in [7, 11) is 1.85. The van der Waals surface area contributed by atoms with Gasteiger partial charge in [-0.3, -0.25) is 9.59 Å². The van der Waals surface area contributed by atoms with Crippen molar-refractivity contribution in [3.8, 4) is 0 Å². The maximum Gasteiger partial charge on any atom is 0.227 e. The summed E-state index contributed by atoms with van der Waals surface area (Å²) in [4.78, 5) is 38.0. The van der Waals surface area contributed by atoms with Gasteiger partial charge in [0.25, 0.3) is 0 Å². The van der Waals surface area contributed by atoms with Crippen molar-refractivity contribution in [2.24, 2.45) is 0 Å². The van der Waals surface area contributed by atoms with Crippen LogP contribution in [0.4, 0.5) is 10.2 Å². The van der Waals surface area contributed by atoms with E-state index < -0.39 is 0 Å². The van der Waals surface area contributed by atoms with Crippen LogP contribution in [0.25, 0.3) is 0 Å². The minimum Gasteiger partial charge on any atom is -0.373 e. The first-order valence-electron chi connectivity index (χ1n) is 10.8. The molecule has 7 nitrogen and oxygen atoms in total. The average molecular weight is 426 g/mol. The summed E-state index contributed by atoms with van der Waals surface area (Å²) in [5.41, 5.74) is 2.72. The normalized spacial score (nSPS) is 18.5. The van der Waals surface area contributed by atoms with Crippen LogP contribution in [-0.4, -0.2) is 58.3 Å². The van der Waals surface area contributed by atoms with Gasteiger partial charge in [0.1, 0.15) is 17.5 Å². The van der Waals surface area contributed by atoms with Crippen molar-refractivity contribution in [2.75, 3.05) is 32.0 Å². The highest BCUT2D eigenvalue weighted by Gasteiger charge is 2.29. The van der Waals surface area contributed by atoms with E-state index in [0.29, 0.717) is 26.1 Å². The molecule has 0 radical (unpaired) electrons. The number of piperidine rings is 1. The Kier molecular flexibility index (Phi) is 6.15. The summed E-state index contributed by atoms with van der Waals surface area (Å²) in [5, 5.41) is 3.19. The lowest BCUT2D eigenvalue weighted by Crippen LogP contribution is -2.40. The third kappa shape index (κ3) is 4.68. The maximum absolute atomic E-state index is 13.1. The molecule has 4 rings (SSSR count). The Morgan fingerprint density at radius 2 is 1.94 bits per heavy atom. The fourth-order valence-electron chi connectivity index (χ4n) is 4.41. The van der Waals surface area contributed by atoms with Crippen molar-refractivity contribution in [1.29, 1.82) is 0 Å². The van der Waals surface area contributed by atoms with E-state index >= 15 is 0 Å². The molecule has 0 spiro atoms. The number of carbonyl (C=O) groups excluding carboxylic acids is 2. The van der Waals surface area contributed by atoms with E-state index in [-0.39, 0.29) is 30.0 Å². The molecule has 1 N–H and O–H groups in total. The summed E-state index contributed by atoms with van der Waals surface area (Å²) in [6, 6.07) is 6.05. The molecular formula is C23H28FN5O2. The Morgan fingerprint density at radius 1 is 1.16 bits per heavy atom. The fraction of sp³-hybridized carbons (Fsp3) is 0.478. The van der Waals surface area contributed by atoms with E-state index in [1.165, 1.54) is 12.1 Å². The van der Waals surface area contributed by atoms with Crippen LogP contribution >= 0.6 is 0 Å². The number of anilines is 1. The number of amides is 2. The van der Waals surface area contributed by atoms with Gasteiger partial charge in [-0.2, -0.15) is 0 Å². The number of rotatable bonds is 4. The van der Waals surface area contributed by atoms with E-state index in [9.17, 15) is 14.0 Å². The first kappa shape index (κ1) is 21.2. The SMILES string of the molecule is CNc1nc([C@@H]2CCCN(C(C)=O)C2)nc2c1CCN(C(=O)Cc1ccc(F)cc1)C2. The Bertz CT molecular complexity index is 979. The van der Waals surface area contributed by atoms with Gasteiger partial charge in [0.05, 0.1) is 18.7 Å². The van der Waals surface area contributed by atoms with E-state index in [2.05, 4.69) is 5.32 Å². The zero-order valence-corrected chi connectivity index (χ0v) is 18.0. The minimum atomic E-state index is -0.307. The third-order valence-corrected chi connectivity index (χ3v) is 6.17. The maximum atomic E-state index is 13.1. The molecule has 1 fully saturated rings. The molecule has 2 aliphatic rings. The molecule has 1 atom stereocenters. The van der Waals surface area contributed by atoms with Gasteiger partial charge in [0.15, 0.2) is 0 Å². The number of benzene rings is 1. The molecule has 1 aromatic heterocycles. The van der Waals surface area contributed by atoms with Crippen molar-refractivity contribution in [3.63, 3.8) is 0 Å². The van der Waals surface area contributed by atoms with Gasteiger partial charge in [-0.05, 0) is 37.0 Å². The molecule has 0 bridgehead atoms. The monoisotopic (exact) mass is 425 g/mol. The number of hydrogen-bond acceptors (Lipinski definition) is 5. The fourth-order valence-corrected chi connectivity index (χ4v) is 4.41. The van der Waals surface area contributed by atoms with E-state index in [4.69, 9.17) is 9.97 Å². The van der Waals surface area contributed by atoms with E-state index in [0.717, 1.165) is 47.8 Å². The Morgan fingerprint density at radius 3 is 2.65 bits per heavy atom. The number of likely N-dealkylation sites (tertiary alicyclic amines) is 1. The van der Waals surface area contributed by atoms with Crippen molar-refractivity contribution in [3.05, 3.63) is 52.7 Å². The zero-order valence-electron chi connectivity index (χ0n) is 18.0. The number of carbonyl (C=O) groups is 2. The van der Waals surface area contributed by atoms with Gasteiger partial charge in [-0.1, -0.05) is 12.1 Å². The zero-order chi connectivity index (χ0) is 22.0. The molecule has 2 aliphatic heterocycles. The number of fused-ring (bicyclic) bond motifs is 1. The Hall–Kier alpha value is -3.03. The van der Waals surface area contributed by atoms with Gasteiger partial charge in [0, 0.05) is 45.1 Å². The number of nitrogens with one attached hydrogen (secondary N) is 1. The second-order valence-corrected chi connectivity index (χ2v) is 8.28. The van der Waals surface area contributed by atoms with Crippen LogP contribution in [-0.2, 0) is 29.0 Å². The summed E-state index contributed by atoms with van der Waals surface area (Å²) in [5.74, 6) is 1.42. The van der Waals surface area contributed by atoms with Crippen molar-refractivity contribution >= 4 is 17.6 Å². The second kappa shape index (κ2) is 8.99. The van der Waals surface area contributed by atoms with Crippen molar-refractivity contribution in [2.45, 2.75) is 45.1 Å². The van der Waals surface area contributed by atoms with Crippen LogP contribution in [0.15, 0.2) is 24.3 Å². The molecule has 164 valence electrons. The molecule has 2 aromatic rings. The summed E-state index contributed by atoms with van der Waals surface area (Å²) < 4.78 is 13.1. The van der Waals surface area contributed by atoms with Gasteiger partial charge in [-0.15, -0.1) is 0 Å². The molecule has 0 aliphatic carbocycles. The molecule has 1 aromatic carbocycles. The number of hydrogen-bond donors (Lipinski definition) is 1. The van der Waals surface area contributed by atoms with Crippen LogP contribution in [0.3, 0.4) is 0 Å². The number of aromatic nitrogens is 2. The summed E-state index contributed by atoms with van der Waals surface area (Å²) >= 11 is 0.